The summed E-state index contributed by atoms with van der Waals surface area (Å²) in [5.74, 6) is 0.0214. The van der Waals surface area contributed by atoms with Crippen molar-refractivity contribution in [3.63, 3.8) is 0 Å². The molecule has 1 unspecified atom stereocenters. The molecule has 0 spiro atoms. The molecule has 9 heteroatoms. The van der Waals surface area contributed by atoms with E-state index >= 15 is 0 Å². The number of rotatable bonds is 7. The molecular weight excluding hydrogens is 396 g/mol. The lowest BCUT2D eigenvalue weighted by molar-refractivity contribution is -0.121. The fraction of sp³-hybridized carbons (Fsp3) is 0.300. The van der Waals surface area contributed by atoms with Crippen LogP contribution in [0.25, 0.3) is 0 Å². The summed E-state index contributed by atoms with van der Waals surface area (Å²) in [5.41, 5.74) is 0.796. The predicted octanol–water partition coefficient (Wildman–Crippen LogP) is 2.40. The monoisotopic (exact) mass is 418 g/mol. The van der Waals surface area contributed by atoms with Crippen LogP contribution in [0.3, 0.4) is 0 Å². The predicted molar refractivity (Wildman–Crippen MR) is 106 cm³/mol. The minimum atomic E-state index is -3.96. The third kappa shape index (κ3) is 4.10. The van der Waals surface area contributed by atoms with Crippen LogP contribution in [0.5, 0.6) is 11.5 Å². The van der Waals surface area contributed by atoms with Crippen LogP contribution >= 0.6 is 0 Å². The molecule has 8 nitrogen and oxygen atoms in total. The molecule has 0 bridgehead atoms. The van der Waals surface area contributed by atoms with Crippen molar-refractivity contribution in [2.24, 2.45) is 0 Å². The summed E-state index contributed by atoms with van der Waals surface area (Å²) in [4.78, 5) is 25.1. The SMILES string of the molecule is COc1ccccc1C(C)NS(=O)(=O)c1ccc(OC)c(N2C(=O)CCC2=O)c1. The number of ether oxygens (including phenoxy) is 2. The molecule has 1 aliphatic heterocycles. The second kappa shape index (κ2) is 8.22. The Kier molecular flexibility index (Phi) is 5.90. The summed E-state index contributed by atoms with van der Waals surface area (Å²) in [6.07, 6.45) is 0.171. The number of para-hydroxylation sites is 1. The summed E-state index contributed by atoms with van der Waals surface area (Å²) < 4.78 is 39.1. The number of nitrogens with zero attached hydrogens (tertiary/aromatic N) is 1. The Bertz CT molecular complexity index is 1030. The highest BCUT2D eigenvalue weighted by Crippen LogP contribution is 2.35. The normalized spacial score (nSPS) is 15.5. The van der Waals surface area contributed by atoms with Crippen LogP contribution in [0.4, 0.5) is 5.69 Å². The van der Waals surface area contributed by atoms with Crippen LogP contribution in [-0.2, 0) is 19.6 Å². The van der Waals surface area contributed by atoms with E-state index in [1.54, 1.807) is 31.2 Å². The van der Waals surface area contributed by atoms with Gasteiger partial charge < -0.3 is 9.47 Å². The number of carbonyl (C=O) groups excluding carboxylic acids is 2. The highest BCUT2D eigenvalue weighted by atomic mass is 32.2. The van der Waals surface area contributed by atoms with E-state index in [4.69, 9.17) is 9.47 Å². The number of carbonyl (C=O) groups is 2. The lowest BCUT2D eigenvalue weighted by Gasteiger charge is -2.20. The van der Waals surface area contributed by atoms with Gasteiger partial charge >= 0.3 is 0 Å². The van der Waals surface area contributed by atoms with E-state index in [9.17, 15) is 18.0 Å². The molecule has 1 fully saturated rings. The van der Waals surface area contributed by atoms with Crippen molar-refractivity contribution in [3.8, 4) is 11.5 Å². The third-order valence-corrected chi connectivity index (χ3v) is 6.23. The maximum atomic E-state index is 13.0. The van der Waals surface area contributed by atoms with Crippen LogP contribution in [0.1, 0.15) is 31.4 Å². The number of amides is 2. The Morgan fingerprint density at radius 2 is 1.59 bits per heavy atom. The van der Waals surface area contributed by atoms with Crippen molar-refractivity contribution >= 4 is 27.5 Å². The minimum absolute atomic E-state index is 0.0810. The lowest BCUT2D eigenvalue weighted by atomic mass is 10.1. The fourth-order valence-electron chi connectivity index (χ4n) is 3.25. The standard InChI is InChI=1S/C20H22N2O6S/c1-13(15-6-4-5-7-17(15)27-2)21-29(25,26)14-8-9-18(28-3)16(12-14)22-19(23)10-11-20(22)24/h4-9,12-13,21H,10-11H2,1-3H3. The zero-order valence-electron chi connectivity index (χ0n) is 16.3. The van der Waals surface area contributed by atoms with Crippen molar-refractivity contribution in [2.75, 3.05) is 19.1 Å². The molecule has 2 aromatic carbocycles. The maximum Gasteiger partial charge on any atom is 0.241 e. The molecule has 0 saturated carbocycles. The minimum Gasteiger partial charge on any atom is -0.496 e. The van der Waals surface area contributed by atoms with Crippen molar-refractivity contribution < 1.29 is 27.5 Å². The van der Waals surface area contributed by atoms with Crippen LogP contribution in [0.2, 0.25) is 0 Å². The molecule has 0 aliphatic carbocycles. The topological polar surface area (TPSA) is 102 Å². The van der Waals surface area contributed by atoms with Gasteiger partial charge in [0, 0.05) is 24.4 Å². The van der Waals surface area contributed by atoms with Crippen LogP contribution < -0.4 is 19.1 Å². The second-order valence-corrected chi connectivity index (χ2v) is 8.26. The Morgan fingerprint density at radius 3 is 2.21 bits per heavy atom. The van der Waals surface area contributed by atoms with E-state index in [2.05, 4.69) is 4.72 Å². The molecule has 1 N–H and O–H groups in total. The van der Waals surface area contributed by atoms with Crippen molar-refractivity contribution in [3.05, 3.63) is 48.0 Å². The first-order valence-electron chi connectivity index (χ1n) is 8.97. The van der Waals surface area contributed by atoms with Gasteiger partial charge in [0.2, 0.25) is 21.8 Å². The van der Waals surface area contributed by atoms with Crippen LogP contribution in [0.15, 0.2) is 47.4 Å². The number of methoxy groups -OCH3 is 2. The fourth-order valence-corrected chi connectivity index (χ4v) is 4.49. The molecule has 29 heavy (non-hydrogen) atoms. The zero-order chi connectivity index (χ0) is 21.2. The van der Waals surface area contributed by atoms with Gasteiger partial charge in [0.1, 0.15) is 11.5 Å². The number of nitrogens with one attached hydrogen (secondary N) is 1. The largest absolute Gasteiger partial charge is 0.496 e. The summed E-state index contributed by atoms with van der Waals surface area (Å²) in [6.45, 7) is 1.70. The Morgan fingerprint density at radius 1 is 0.966 bits per heavy atom. The highest BCUT2D eigenvalue weighted by molar-refractivity contribution is 7.89. The van der Waals surface area contributed by atoms with E-state index in [-0.39, 0.29) is 29.2 Å². The molecule has 1 atom stereocenters. The number of hydrogen-bond donors (Lipinski definition) is 1. The second-order valence-electron chi connectivity index (χ2n) is 6.54. The van der Waals surface area contributed by atoms with E-state index in [1.807, 2.05) is 0 Å². The smallest absolute Gasteiger partial charge is 0.241 e. The van der Waals surface area contributed by atoms with Gasteiger partial charge in [0.15, 0.2) is 0 Å². The van der Waals surface area contributed by atoms with Gasteiger partial charge in [-0.1, -0.05) is 18.2 Å². The van der Waals surface area contributed by atoms with E-state index in [1.165, 1.54) is 32.4 Å². The summed E-state index contributed by atoms with van der Waals surface area (Å²) in [6, 6.07) is 10.6. The number of imide groups is 1. The molecule has 2 amide bonds. The molecule has 3 rings (SSSR count). The number of benzene rings is 2. The number of sulfonamides is 1. The highest BCUT2D eigenvalue weighted by Gasteiger charge is 2.33. The first kappa shape index (κ1) is 20.8. The van der Waals surface area contributed by atoms with Gasteiger partial charge in [0.05, 0.1) is 24.8 Å². The van der Waals surface area contributed by atoms with Gasteiger partial charge in [-0.3, -0.25) is 9.59 Å². The van der Waals surface area contributed by atoms with Crippen molar-refractivity contribution in [2.45, 2.75) is 30.7 Å². The average Bonchev–Trinajstić information content (AvgIpc) is 3.05. The number of hydrogen-bond acceptors (Lipinski definition) is 6. The van der Waals surface area contributed by atoms with Crippen LogP contribution in [-0.4, -0.2) is 34.5 Å². The quantitative estimate of drug-likeness (QED) is 0.693. The molecule has 154 valence electrons. The lowest BCUT2D eigenvalue weighted by Crippen LogP contribution is -2.30. The third-order valence-electron chi connectivity index (χ3n) is 4.69. The zero-order valence-corrected chi connectivity index (χ0v) is 17.2. The summed E-state index contributed by atoms with van der Waals surface area (Å²) in [5, 5.41) is 0. The van der Waals surface area contributed by atoms with Gasteiger partial charge in [-0.2, -0.15) is 0 Å². The van der Waals surface area contributed by atoms with E-state index in [0.29, 0.717) is 11.3 Å². The Hall–Kier alpha value is -2.91. The Labute approximate surface area is 169 Å². The van der Waals surface area contributed by atoms with E-state index in [0.717, 1.165) is 4.90 Å². The molecule has 1 heterocycles. The molecule has 1 saturated heterocycles. The first-order chi connectivity index (χ1) is 13.8. The van der Waals surface area contributed by atoms with E-state index < -0.39 is 27.9 Å². The maximum absolute atomic E-state index is 13.0. The molecule has 0 aromatic heterocycles. The number of anilines is 1. The first-order valence-corrected chi connectivity index (χ1v) is 10.5. The molecule has 0 radical (unpaired) electrons. The van der Waals surface area contributed by atoms with Crippen molar-refractivity contribution in [1.82, 2.24) is 4.72 Å². The van der Waals surface area contributed by atoms with Gasteiger partial charge in [-0.25, -0.2) is 18.0 Å². The molecule has 2 aromatic rings. The van der Waals surface area contributed by atoms with Gasteiger partial charge in [0.25, 0.3) is 0 Å². The van der Waals surface area contributed by atoms with Gasteiger partial charge in [-0.05, 0) is 31.2 Å². The van der Waals surface area contributed by atoms with Gasteiger partial charge in [-0.15, -0.1) is 0 Å². The van der Waals surface area contributed by atoms with Crippen molar-refractivity contribution in [1.29, 1.82) is 0 Å². The summed E-state index contributed by atoms with van der Waals surface area (Å²) in [7, 11) is -1.05. The summed E-state index contributed by atoms with van der Waals surface area (Å²) >= 11 is 0. The average molecular weight is 418 g/mol. The van der Waals surface area contributed by atoms with Crippen LogP contribution in [0, 0.1) is 0 Å². The molecular formula is C20H22N2O6S. The Balaban J connectivity index is 1.96. The molecule has 1 aliphatic rings.